The minimum Gasteiger partial charge on any atom is -0.255 e. The SMILES string of the molecule is CC(C)=CCCC(C)=CCCC(C)=CCC(C=C(C)CCC=C(C)C)(CC=C(C)CCC=C(C)CCC=C(C)C)OS(=O)(=O)c1ccc(C)cc1. The molecule has 284 valence electrons. The maximum Gasteiger partial charge on any atom is 0.297 e. The average molecular weight is 717 g/mol. The van der Waals surface area contributed by atoms with E-state index in [1.165, 1.54) is 39.0 Å². The van der Waals surface area contributed by atoms with Crippen molar-refractivity contribution < 1.29 is 12.6 Å². The highest BCUT2D eigenvalue weighted by atomic mass is 32.2. The molecule has 0 saturated carbocycles. The zero-order chi connectivity index (χ0) is 38.5. The van der Waals surface area contributed by atoms with Crippen LogP contribution in [0.2, 0.25) is 0 Å². The molecular weight excluding hydrogens is 645 g/mol. The Morgan fingerprint density at radius 2 is 0.843 bits per heavy atom. The fourth-order valence-electron chi connectivity index (χ4n) is 5.75. The van der Waals surface area contributed by atoms with Crippen LogP contribution in [0.15, 0.2) is 122 Å². The van der Waals surface area contributed by atoms with Crippen LogP contribution in [0.1, 0.15) is 159 Å². The molecule has 0 radical (unpaired) electrons. The van der Waals surface area contributed by atoms with E-state index < -0.39 is 15.7 Å². The van der Waals surface area contributed by atoms with Gasteiger partial charge < -0.3 is 0 Å². The molecule has 0 fully saturated rings. The predicted octanol–water partition coefficient (Wildman–Crippen LogP) is 14.8. The summed E-state index contributed by atoms with van der Waals surface area (Å²) in [4.78, 5) is 0.192. The number of hydrogen-bond donors (Lipinski definition) is 0. The molecule has 1 aromatic carbocycles. The predicted molar refractivity (Wildman–Crippen MR) is 225 cm³/mol. The summed E-state index contributed by atoms with van der Waals surface area (Å²) in [5.74, 6) is 0. The van der Waals surface area contributed by atoms with Crippen molar-refractivity contribution in [3.8, 4) is 0 Å². The van der Waals surface area contributed by atoms with E-state index in [9.17, 15) is 8.42 Å². The summed E-state index contributed by atoms with van der Waals surface area (Å²) in [6.45, 7) is 25.6. The summed E-state index contributed by atoms with van der Waals surface area (Å²) >= 11 is 0. The van der Waals surface area contributed by atoms with Gasteiger partial charge in [-0.1, -0.05) is 111 Å². The molecule has 0 aliphatic heterocycles. The summed E-state index contributed by atoms with van der Waals surface area (Å²) in [5, 5.41) is 0. The van der Waals surface area contributed by atoms with Gasteiger partial charge in [-0.05, 0) is 159 Å². The summed E-state index contributed by atoms with van der Waals surface area (Å²) < 4.78 is 34.3. The Morgan fingerprint density at radius 1 is 0.510 bits per heavy atom. The van der Waals surface area contributed by atoms with Crippen LogP contribution in [0, 0.1) is 6.92 Å². The molecule has 4 heteroatoms. The van der Waals surface area contributed by atoms with Gasteiger partial charge in [-0.15, -0.1) is 0 Å². The molecular formula is C47H72O3S. The van der Waals surface area contributed by atoms with Crippen molar-refractivity contribution in [2.45, 2.75) is 171 Å². The molecule has 0 N–H and O–H groups in total. The quantitative estimate of drug-likeness (QED) is 0.0836. The zero-order valence-electron chi connectivity index (χ0n) is 34.5. The fourth-order valence-corrected chi connectivity index (χ4v) is 6.93. The van der Waals surface area contributed by atoms with E-state index in [0.717, 1.165) is 75.3 Å². The number of benzene rings is 1. The minimum atomic E-state index is -4.04. The molecule has 0 spiro atoms. The third-order valence-electron chi connectivity index (χ3n) is 9.02. The standard InChI is InChI=1S/C47H72O3S/c1-37(2)18-13-21-40(7)23-16-25-42(9)32-34-47(36-45(12)27-15-20-39(5)6,50-51(48,49)46-30-28-44(11)29-31-46)35-33-43(10)26-17-24-41(8)22-14-19-38(3)4/h18-20,23-24,28-33,36H,13-17,21-22,25-27,34-35H2,1-12H3. The highest BCUT2D eigenvalue weighted by Gasteiger charge is 2.34. The van der Waals surface area contributed by atoms with Gasteiger partial charge in [0.05, 0.1) is 4.90 Å². The Bertz CT molecular complexity index is 1500. The third kappa shape index (κ3) is 21.9. The number of hydrogen-bond acceptors (Lipinski definition) is 3. The Labute approximate surface area is 315 Å². The molecule has 1 aromatic rings. The van der Waals surface area contributed by atoms with Crippen LogP contribution in [-0.2, 0) is 14.3 Å². The molecule has 0 amide bonds. The summed E-state index contributed by atoms with van der Waals surface area (Å²) in [6, 6.07) is 6.97. The Kier molecular flexibility index (Phi) is 22.0. The normalized spacial score (nSPS) is 14.6. The molecule has 0 unspecified atom stereocenters. The van der Waals surface area contributed by atoms with Gasteiger partial charge in [0.2, 0.25) is 0 Å². The van der Waals surface area contributed by atoms with Crippen LogP contribution >= 0.6 is 0 Å². The van der Waals surface area contributed by atoms with Gasteiger partial charge >= 0.3 is 0 Å². The van der Waals surface area contributed by atoms with E-state index in [-0.39, 0.29) is 4.90 Å². The van der Waals surface area contributed by atoms with Gasteiger partial charge in [0, 0.05) is 12.8 Å². The summed E-state index contributed by atoms with van der Waals surface area (Å²) in [7, 11) is -4.04. The third-order valence-corrected chi connectivity index (χ3v) is 10.4. The molecule has 0 aromatic heterocycles. The minimum absolute atomic E-state index is 0.192. The van der Waals surface area contributed by atoms with Gasteiger partial charge in [0.15, 0.2) is 0 Å². The van der Waals surface area contributed by atoms with Crippen LogP contribution in [0.5, 0.6) is 0 Å². The fraction of sp³-hybridized carbons (Fsp3) is 0.532. The van der Waals surface area contributed by atoms with E-state index in [2.05, 4.69) is 125 Å². The first kappa shape index (κ1) is 46.1. The molecule has 0 bridgehead atoms. The van der Waals surface area contributed by atoms with Gasteiger partial charge in [-0.25, -0.2) is 0 Å². The van der Waals surface area contributed by atoms with E-state index >= 15 is 0 Å². The van der Waals surface area contributed by atoms with Crippen molar-refractivity contribution in [3.63, 3.8) is 0 Å². The smallest absolute Gasteiger partial charge is 0.255 e. The average Bonchev–Trinajstić information content (AvgIpc) is 3.02. The first-order chi connectivity index (χ1) is 23.9. The van der Waals surface area contributed by atoms with Crippen LogP contribution in [0.4, 0.5) is 0 Å². The van der Waals surface area contributed by atoms with Crippen LogP contribution in [0.3, 0.4) is 0 Å². The van der Waals surface area contributed by atoms with Crippen molar-refractivity contribution in [1.82, 2.24) is 0 Å². The van der Waals surface area contributed by atoms with Crippen LogP contribution in [-0.4, -0.2) is 14.0 Å². The van der Waals surface area contributed by atoms with Gasteiger partial charge in [-0.2, -0.15) is 8.42 Å². The first-order valence-electron chi connectivity index (χ1n) is 19.2. The monoisotopic (exact) mass is 717 g/mol. The molecule has 0 heterocycles. The maximum absolute atomic E-state index is 14.0. The Hall–Kier alpha value is -2.95. The van der Waals surface area contributed by atoms with Crippen molar-refractivity contribution in [3.05, 3.63) is 123 Å². The highest BCUT2D eigenvalue weighted by Crippen LogP contribution is 2.33. The van der Waals surface area contributed by atoms with Crippen molar-refractivity contribution >= 4 is 10.1 Å². The van der Waals surface area contributed by atoms with Gasteiger partial charge in [-0.3, -0.25) is 4.18 Å². The van der Waals surface area contributed by atoms with Crippen LogP contribution in [0.25, 0.3) is 0 Å². The summed E-state index contributed by atoms with van der Waals surface area (Å²) in [6.07, 6.45) is 28.8. The van der Waals surface area contributed by atoms with E-state index in [0.29, 0.717) is 12.8 Å². The topological polar surface area (TPSA) is 43.4 Å². The first-order valence-corrected chi connectivity index (χ1v) is 20.6. The van der Waals surface area contributed by atoms with E-state index in [1.807, 2.05) is 19.1 Å². The molecule has 0 saturated heterocycles. The lowest BCUT2D eigenvalue weighted by molar-refractivity contribution is 0.133. The van der Waals surface area contributed by atoms with Crippen molar-refractivity contribution in [1.29, 1.82) is 0 Å². The molecule has 0 atom stereocenters. The van der Waals surface area contributed by atoms with Crippen molar-refractivity contribution in [2.24, 2.45) is 0 Å². The van der Waals surface area contributed by atoms with Crippen molar-refractivity contribution in [2.75, 3.05) is 0 Å². The Morgan fingerprint density at radius 3 is 1.22 bits per heavy atom. The van der Waals surface area contributed by atoms with Gasteiger partial charge in [0.1, 0.15) is 5.60 Å². The second-order valence-corrected chi connectivity index (χ2v) is 17.1. The van der Waals surface area contributed by atoms with Crippen LogP contribution < -0.4 is 0 Å². The molecule has 3 nitrogen and oxygen atoms in total. The molecule has 0 aliphatic rings. The van der Waals surface area contributed by atoms with E-state index in [4.69, 9.17) is 4.18 Å². The lowest BCUT2D eigenvalue weighted by atomic mass is 9.89. The largest absolute Gasteiger partial charge is 0.297 e. The lowest BCUT2D eigenvalue weighted by Gasteiger charge is -2.30. The van der Waals surface area contributed by atoms with E-state index in [1.54, 1.807) is 12.1 Å². The highest BCUT2D eigenvalue weighted by molar-refractivity contribution is 7.86. The van der Waals surface area contributed by atoms with Gasteiger partial charge in [0.25, 0.3) is 10.1 Å². The molecule has 51 heavy (non-hydrogen) atoms. The Balaban J connectivity index is 3.48. The second-order valence-electron chi connectivity index (χ2n) is 15.6. The number of rotatable bonds is 23. The summed E-state index contributed by atoms with van der Waals surface area (Å²) in [5.41, 5.74) is 10.4. The lowest BCUT2D eigenvalue weighted by Crippen LogP contribution is -2.33. The second kappa shape index (κ2) is 24.3. The number of allylic oxidation sites excluding steroid dienone is 13. The maximum atomic E-state index is 14.0. The molecule has 1 rings (SSSR count). The molecule has 0 aliphatic carbocycles. The number of aryl methyl sites for hydroxylation is 1. The zero-order valence-corrected chi connectivity index (χ0v) is 35.4.